The number of nitrogens with two attached hydrogens (primary N) is 2. The standard InChI is InChI=1S/C31H46N6O7.C2H6O.C2H6/c1-30(2,3)23(32)27(41)36-14-19(12-21(36)16-38)34-25(39)17-8-10-18(11-9-17)26(40)35-20-13-22(29(43)44-7)37(15-20)28(42)24(33)31(4,5)6;1-3-2;1-2/h8-11,16,19-24H,12-15,32-33H2,1-7H3,(H,34,39)(H,35,40);1-2H3;1-2H3. The van der Waals surface area contributed by atoms with Crippen molar-refractivity contribution in [3.05, 3.63) is 35.4 Å². The average molecular weight is 691 g/mol. The van der Waals surface area contributed by atoms with E-state index < -0.39 is 70.8 Å². The summed E-state index contributed by atoms with van der Waals surface area (Å²) in [5.74, 6) is -2.17. The lowest BCUT2D eigenvalue weighted by molar-refractivity contribution is -0.152. The first-order valence-electron chi connectivity index (χ1n) is 16.6. The predicted octanol–water partition coefficient (Wildman–Crippen LogP) is 1.49. The van der Waals surface area contributed by atoms with Gasteiger partial charge in [0, 0.05) is 56.9 Å². The minimum absolute atomic E-state index is 0.0952. The van der Waals surface area contributed by atoms with Crippen molar-refractivity contribution in [1.82, 2.24) is 20.4 Å². The molecule has 2 heterocycles. The maximum absolute atomic E-state index is 13.1. The van der Waals surface area contributed by atoms with Crippen LogP contribution in [0.1, 0.15) is 88.9 Å². The molecular weight excluding hydrogens is 632 g/mol. The van der Waals surface area contributed by atoms with Crippen LogP contribution in [0.25, 0.3) is 0 Å². The van der Waals surface area contributed by atoms with Crippen LogP contribution in [-0.2, 0) is 28.7 Å². The molecule has 14 heteroatoms. The zero-order valence-corrected chi connectivity index (χ0v) is 31.0. The highest BCUT2D eigenvalue weighted by Gasteiger charge is 2.44. The van der Waals surface area contributed by atoms with E-state index in [4.69, 9.17) is 16.2 Å². The van der Waals surface area contributed by atoms with Gasteiger partial charge >= 0.3 is 5.97 Å². The van der Waals surface area contributed by atoms with E-state index in [1.807, 2.05) is 55.4 Å². The summed E-state index contributed by atoms with van der Waals surface area (Å²) < 4.78 is 9.14. The third-order valence-electron chi connectivity index (χ3n) is 8.32. The summed E-state index contributed by atoms with van der Waals surface area (Å²) in [6, 6.07) is 1.83. The fourth-order valence-electron chi connectivity index (χ4n) is 5.31. The van der Waals surface area contributed by atoms with Crippen molar-refractivity contribution in [3.8, 4) is 0 Å². The van der Waals surface area contributed by atoms with E-state index in [1.54, 1.807) is 14.2 Å². The summed E-state index contributed by atoms with van der Waals surface area (Å²) in [6.45, 7) is 15.3. The summed E-state index contributed by atoms with van der Waals surface area (Å²) in [5, 5.41) is 5.72. The molecule has 1 aromatic carbocycles. The Balaban J connectivity index is 0.00000227. The molecule has 4 amide bonds. The fraction of sp³-hybridized carbons (Fsp3) is 0.657. The zero-order valence-electron chi connectivity index (χ0n) is 31.0. The molecule has 0 bridgehead atoms. The monoisotopic (exact) mass is 690 g/mol. The number of carbonyl (C=O) groups is 6. The second kappa shape index (κ2) is 18.8. The van der Waals surface area contributed by atoms with Gasteiger partial charge in [-0.1, -0.05) is 55.4 Å². The normalized spacial score (nSPS) is 21.6. The first-order valence-corrected chi connectivity index (χ1v) is 16.6. The van der Waals surface area contributed by atoms with Crippen LogP contribution in [-0.4, -0.2) is 116 Å². The van der Waals surface area contributed by atoms with Crippen LogP contribution in [0.2, 0.25) is 0 Å². The lowest BCUT2D eigenvalue weighted by Gasteiger charge is -2.32. The molecule has 2 fully saturated rings. The van der Waals surface area contributed by atoms with Gasteiger partial charge in [-0.15, -0.1) is 0 Å². The number of hydrogen-bond donors (Lipinski definition) is 4. The Morgan fingerprint density at radius 1 is 0.755 bits per heavy atom. The third-order valence-corrected chi connectivity index (χ3v) is 8.32. The Kier molecular flexibility index (Phi) is 16.5. The van der Waals surface area contributed by atoms with Crippen molar-refractivity contribution in [1.29, 1.82) is 0 Å². The summed E-state index contributed by atoms with van der Waals surface area (Å²) in [6.07, 6.45) is 1.13. The molecule has 0 aliphatic carbocycles. The van der Waals surface area contributed by atoms with Crippen LogP contribution in [0.15, 0.2) is 24.3 Å². The Morgan fingerprint density at radius 2 is 1.12 bits per heavy atom. The average Bonchev–Trinajstić information content (AvgIpc) is 3.67. The van der Waals surface area contributed by atoms with Gasteiger partial charge in [0.2, 0.25) is 11.8 Å². The quantitative estimate of drug-likeness (QED) is 0.229. The minimum Gasteiger partial charge on any atom is -0.467 e. The number of esters is 1. The van der Waals surface area contributed by atoms with E-state index >= 15 is 0 Å². The molecule has 6 unspecified atom stereocenters. The molecule has 6 atom stereocenters. The molecule has 2 aliphatic rings. The first-order chi connectivity index (χ1) is 22.8. The van der Waals surface area contributed by atoms with Gasteiger partial charge in [0.25, 0.3) is 11.8 Å². The van der Waals surface area contributed by atoms with Gasteiger partial charge < -0.3 is 46.2 Å². The molecule has 0 spiro atoms. The smallest absolute Gasteiger partial charge is 0.328 e. The van der Waals surface area contributed by atoms with Crippen molar-refractivity contribution >= 4 is 35.9 Å². The number of nitrogens with zero attached hydrogens (tertiary/aromatic N) is 2. The number of aldehydes is 1. The number of hydrogen-bond acceptors (Lipinski definition) is 10. The van der Waals surface area contributed by atoms with E-state index in [1.165, 1.54) is 41.2 Å². The Hall–Kier alpha value is -3.88. The maximum Gasteiger partial charge on any atom is 0.328 e. The van der Waals surface area contributed by atoms with E-state index in [9.17, 15) is 28.8 Å². The number of rotatable bonds is 8. The fourth-order valence-corrected chi connectivity index (χ4v) is 5.31. The van der Waals surface area contributed by atoms with Crippen molar-refractivity contribution in [2.75, 3.05) is 34.4 Å². The third kappa shape index (κ3) is 11.6. The zero-order chi connectivity index (χ0) is 37.9. The van der Waals surface area contributed by atoms with Gasteiger partial charge in [-0.3, -0.25) is 19.2 Å². The summed E-state index contributed by atoms with van der Waals surface area (Å²) in [5.41, 5.74) is 11.8. The molecule has 49 heavy (non-hydrogen) atoms. The highest BCUT2D eigenvalue weighted by atomic mass is 16.5. The number of likely N-dealkylation sites (tertiary alicyclic amines) is 2. The van der Waals surface area contributed by atoms with Crippen molar-refractivity contribution in [3.63, 3.8) is 0 Å². The molecule has 3 rings (SSSR count). The van der Waals surface area contributed by atoms with Gasteiger partial charge in [-0.25, -0.2) is 4.79 Å². The number of nitrogens with one attached hydrogen (secondary N) is 2. The van der Waals surface area contributed by atoms with Crippen LogP contribution in [0.5, 0.6) is 0 Å². The number of methoxy groups -OCH3 is 2. The number of amides is 4. The Bertz CT molecular complexity index is 1290. The first kappa shape index (κ1) is 43.1. The molecule has 0 aromatic heterocycles. The Morgan fingerprint density at radius 3 is 1.49 bits per heavy atom. The molecule has 2 aliphatic heterocycles. The summed E-state index contributed by atoms with van der Waals surface area (Å²) in [4.78, 5) is 78.9. The lowest BCUT2D eigenvalue weighted by atomic mass is 9.86. The molecule has 2 saturated heterocycles. The van der Waals surface area contributed by atoms with Gasteiger partial charge in [0.05, 0.1) is 25.2 Å². The van der Waals surface area contributed by atoms with Crippen LogP contribution in [0, 0.1) is 10.8 Å². The molecule has 0 saturated carbocycles. The van der Waals surface area contributed by atoms with Crippen LogP contribution >= 0.6 is 0 Å². The number of benzene rings is 1. The SMILES string of the molecule is CC.COC.COC(=O)C1CC(NC(=O)c2ccc(C(=O)NC3CC(C=O)N(C(=O)C(N)C(C)(C)C)C3)cc2)CN1C(=O)C(N)C(C)(C)C. The molecule has 6 N–H and O–H groups in total. The van der Waals surface area contributed by atoms with E-state index in [2.05, 4.69) is 15.4 Å². The summed E-state index contributed by atoms with van der Waals surface area (Å²) in [7, 11) is 4.49. The van der Waals surface area contributed by atoms with Crippen LogP contribution in [0.4, 0.5) is 0 Å². The van der Waals surface area contributed by atoms with Crippen LogP contribution < -0.4 is 22.1 Å². The van der Waals surface area contributed by atoms with Crippen molar-refractivity contribution in [2.45, 2.75) is 104 Å². The summed E-state index contributed by atoms with van der Waals surface area (Å²) >= 11 is 0. The number of carbonyl (C=O) groups excluding carboxylic acids is 6. The van der Waals surface area contributed by atoms with E-state index in [0.29, 0.717) is 11.8 Å². The molecule has 14 nitrogen and oxygen atoms in total. The van der Waals surface area contributed by atoms with Crippen molar-refractivity contribution in [2.24, 2.45) is 22.3 Å². The highest BCUT2D eigenvalue weighted by molar-refractivity contribution is 5.98. The van der Waals surface area contributed by atoms with Crippen molar-refractivity contribution < 1.29 is 38.2 Å². The van der Waals surface area contributed by atoms with Gasteiger partial charge in [-0.05, 0) is 41.5 Å². The molecular formula is C35H58N6O8. The highest BCUT2D eigenvalue weighted by Crippen LogP contribution is 2.26. The van der Waals surface area contributed by atoms with E-state index in [0.717, 1.165) is 0 Å². The largest absolute Gasteiger partial charge is 0.467 e. The maximum atomic E-state index is 13.1. The van der Waals surface area contributed by atoms with Crippen LogP contribution in [0.3, 0.4) is 0 Å². The second-order valence-corrected chi connectivity index (χ2v) is 14.2. The van der Waals surface area contributed by atoms with Gasteiger partial charge in [-0.2, -0.15) is 0 Å². The molecule has 0 radical (unpaired) electrons. The minimum atomic E-state index is -0.873. The Labute approximate surface area is 291 Å². The van der Waals surface area contributed by atoms with Gasteiger partial charge in [0.15, 0.2) is 0 Å². The molecule has 1 aromatic rings. The molecule has 276 valence electrons. The second-order valence-electron chi connectivity index (χ2n) is 14.2. The van der Waals surface area contributed by atoms with E-state index in [-0.39, 0.29) is 37.4 Å². The van der Waals surface area contributed by atoms with Gasteiger partial charge in [0.1, 0.15) is 12.3 Å². The lowest BCUT2D eigenvalue weighted by Crippen LogP contribution is -2.53. The number of ether oxygens (including phenoxy) is 2. The predicted molar refractivity (Wildman–Crippen MR) is 186 cm³/mol. The topological polar surface area (TPSA) is 203 Å².